The van der Waals surface area contributed by atoms with E-state index in [9.17, 15) is 0 Å². The molecule has 8 rings (SSSR count). The first-order valence-corrected chi connectivity index (χ1v) is 19.8. The van der Waals surface area contributed by atoms with Crippen LogP contribution in [0.25, 0.3) is 12.2 Å². The molecule has 6 heteroatoms. The van der Waals surface area contributed by atoms with Crippen molar-refractivity contribution in [1.82, 2.24) is 5.32 Å². The predicted octanol–water partition coefficient (Wildman–Crippen LogP) is 9.05. The van der Waals surface area contributed by atoms with Gasteiger partial charge in [0.1, 0.15) is 0 Å². The topological polar surface area (TPSA) is 76.1 Å². The first-order chi connectivity index (χ1) is 28.5. The lowest BCUT2D eigenvalue weighted by atomic mass is 10.0. The van der Waals surface area contributed by atoms with Gasteiger partial charge in [0.05, 0.1) is 0 Å². The van der Waals surface area contributed by atoms with Crippen molar-refractivity contribution in [2.75, 3.05) is 23.0 Å². The molecule has 3 aliphatic carbocycles. The SMILES string of the molecule is CNC1=CCC([NH+]=C2C=CC(=Cc3ccc(Nc4ccc(Nc5ccc([NH+]=C6C=CC(=Cc7ccc(Nc8ccc(C)cc8)cc7)C=C6)cc5)cc4)cc3)C=C2)C=C1. The maximum atomic E-state index is 3.59. The van der Waals surface area contributed by atoms with Gasteiger partial charge in [-0.05, 0) is 151 Å². The minimum Gasteiger partial charge on any atom is -0.388 e. The maximum Gasteiger partial charge on any atom is 0.204 e. The van der Waals surface area contributed by atoms with E-state index < -0.39 is 0 Å². The van der Waals surface area contributed by atoms with Gasteiger partial charge in [-0.2, -0.15) is 0 Å². The number of rotatable bonds is 11. The Morgan fingerprint density at radius 3 is 1.33 bits per heavy atom. The van der Waals surface area contributed by atoms with E-state index in [4.69, 9.17) is 0 Å². The van der Waals surface area contributed by atoms with E-state index in [-0.39, 0.29) is 0 Å². The summed E-state index contributed by atoms with van der Waals surface area (Å²) in [4.78, 5) is 7.11. The van der Waals surface area contributed by atoms with Crippen molar-refractivity contribution in [1.29, 1.82) is 0 Å². The summed E-state index contributed by atoms with van der Waals surface area (Å²) >= 11 is 0. The van der Waals surface area contributed by atoms with Crippen molar-refractivity contribution in [3.8, 4) is 0 Å². The number of aryl methyl sites for hydroxylation is 1. The molecular weight excluding hydrogens is 709 g/mol. The summed E-state index contributed by atoms with van der Waals surface area (Å²) in [6, 6.07) is 42.5. The van der Waals surface area contributed by atoms with E-state index in [2.05, 4.69) is 238 Å². The molecule has 6 N–H and O–H groups in total. The second kappa shape index (κ2) is 18.0. The largest absolute Gasteiger partial charge is 0.388 e. The van der Waals surface area contributed by atoms with Crippen LogP contribution >= 0.6 is 0 Å². The molecule has 0 saturated carbocycles. The fraction of sp³-hybridized carbons (Fsp3) is 0.0769. The van der Waals surface area contributed by atoms with Crippen LogP contribution in [0.1, 0.15) is 23.1 Å². The second-order valence-corrected chi connectivity index (χ2v) is 14.6. The van der Waals surface area contributed by atoms with Gasteiger partial charge in [-0.15, -0.1) is 0 Å². The first-order valence-electron chi connectivity index (χ1n) is 19.8. The number of anilines is 6. The van der Waals surface area contributed by atoms with E-state index in [1.807, 2.05) is 7.05 Å². The Bertz CT molecular complexity index is 2500. The first kappa shape index (κ1) is 37.5. The van der Waals surface area contributed by atoms with Crippen molar-refractivity contribution in [3.05, 3.63) is 222 Å². The number of allylic oxidation sites excluding steroid dienone is 11. The number of nitrogens with one attached hydrogen (secondary N) is 6. The Balaban J connectivity index is 0.793. The van der Waals surface area contributed by atoms with Crippen LogP contribution in [0.15, 0.2) is 205 Å². The predicted molar refractivity (Wildman–Crippen MR) is 246 cm³/mol. The number of likely N-dealkylation sites (N-methyl/N-ethyl adjacent to an activating group) is 1. The molecule has 5 aromatic carbocycles. The zero-order chi connectivity index (χ0) is 39.5. The summed E-state index contributed by atoms with van der Waals surface area (Å²) < 4.78 is 0. The number of hydrogen-bond donors (Lipinski definition) is 6. The molecule has 0 spiro atoms. The van der Waals surface area contributed by atoms with Crippen LogP contribution in [0.3, 0.4) is 0 Å². The van der Waals surface area contributed by atoms with Gasteiger partial charge in [-0.1, -0.05) is 48.0 Å². The van der Waals surface area contributed by atoms with Gasteiger partial charge in [0.25, 0.3) is 0 Å². The maximum absolute atomic E-state index is 3.59. The lowest BCUT2D eigenvalue weighted by molar-refractivity contribution is -0.486. The van der Waals surface area contributed by atoms with Gasteiger partial charge in [0.2, 0.25) is 11.4 Å². The molecule has 1 atom stereocenters. The molecule has 58 heavy (non-hydrogen) atoms. The summed E-state index contributed by atoms with van der Waals surface area (Å²) in [7, 11) is 1.95. The third kappa shape index (κ3) is 10.4. The normalized spacial score (nSPS) is 15.5. The molecule has 284 valence electrons. The second-order valence-electron chi connectivity index (χ2n) is 14.6. The molecule has 0 saturated heterocycles. The summed E-state index contributed by atoms with van der Waals surface area (Å²) in [5.41, 5.74) is 16.5. The van der Waals surface area contributed by atoms with Crippen LogP contribution in [0, 0.1) is 6.92 Å². The molecule has 1 unspecified atom stereocenters. The molecular formula is C52H48N6+2. The monoisotopic (exact) mass is 756 g/mol. The lowest BCUT2D eigenvalue weighted by Crippen LogP contribution is -2.78. The smallest absolute Gasteiger partial charge is 0.204 e. The van der Waals surface area contributed by atoms with Crippen LogP contribution in [0.4, 0.5) is 39.8 Å². The Morgan fingerprint density at radius 1 is 0.483 bits per heavy atom. The van der Waals surface area contributed by atoms with E-state index in [0.29, 0.717) is 6.04 Å². The summed E-state index contributed by atoms with van der Waals surface area (Å²) in [5.74, 6) is 0. The molecule has 0 aliphatic heterocycles. The Kier molecular flexibility index (Phi) is 11.6. The Labute approximate surface area is 341 Å². The highest BCUT2D eigenvalue weighted by Gasteiger charge is 2.13. The molecule has 0 amide bonds. The van der Waals surface area contributed by atoms with Gasteiger partial charge in [0.15, 0.2) is 11.8 Å². The minimum absolute atomic E-state index is 0.311. The molecule has 0 aromatic heterocycles. The van der Waals surface area contributed by atoms with Crippen LogP contribution in [-0.2, 0) is 0 Å². The molecule has 0 fully saturated rings. The Hall–Kier alpha value is -7.44. The highest BCUT2D eigenvalue weighted by atomic mass is 14.9. The minimum atomic E-state index is 0.311. The number of benzene rings is 5. The fourth-order valence-corrected chi connectivity index (χ4v) is 6.75. The molecule has 5 aromatic rings. The summed E-state index contributed by atoms with van der Waals surface area (Å²) in [6.07, 6.45) is 29.0. The summed E-state index contributed by atoms with van der Waals surface area (Å²) in [6.45, 7) is 2.10. The van der Waals surface area contributed by atoms with Crippen LogP contribution in [0.2, 0.25) is 0 Å². The molecule has 0 heterocycles. The van der Waals surface area contributed by atoms with Gasteiger partial charge in [-0.25, -0.2) is 9.98 Å². The van der Waals surface area contributed by atoms with E-state index in [0.717, 1.165) is 74.4 Å². The Morgan fingerprint density at radius 2 is 0.897 bits per heavy atom. The standard InChI is InChI=1S/C52H46N6/c1-37-3-13-43(14-4-37)54-44-15-5-38(6-16-44)35-40-9-19-46(20-10-40)56-49-27-31-51(32-28-49)58-52-33-29-50(30-34-52)57-47-21-11-41(12-22-47)36-39-7-17-45(18-8-39)55-48-25-23-42(53-2)24-26-48/h3-25,27-36,48,53-54,57-58H,26H2,1-2H3/p+2. The average Bonchev–Trinajstić information content (AvgIpc) is 3.26. The van der Waals surface area contributed by atoms with Crippen LogP contribution in [-0.4, -0.2) is 24.5 Å². The zero-order valence-corrected chi connectivity index (χ0v) is 32.8. The molecule has 0 bridgehead atoms. The summed E-state index contributed by atoms with van der Waals surface area (Å²) in [5, 5.41) is 13.7. The van der Waals surface area contributed by atoms with Gasteiger partial charge in [-0.3, -0.25) is 0 Å². The molecule has 0 radical (unpaired) electrons. The lowest BCUT2D eigenvalue weighted by Gasteiger charge is -2.10. The van der Waals surface area contributed by atoms with Gasteiger partial charge >= 0.3 is 0 Å². The van der Waals surface area contributed by atoms with Crippen molar-refractivity contribution in [3.63, 3.8) is 0 Å². The van der Waals surface area contributed by atoms with Crippen molar-refractivity contribution in [2.24, 2.45) is 0 Å². The van der Waals surface area contributed by atoms with Crippen molar-refractivity contribution < 1.29 is 9.98 Å². The molecule has 3 aliphatic rings. The molecule has 6 nitrogen and oxygen atoms in total. The highest BCUT2D eigenvalue weighted by molar-refractivity contribution is 6.03. The zero-order valence-electron chi connectivity index (χ0n) is 32.8. The van der Waals surface area contributed by atoms with Gasteiger partial charge < -0.3 is 21.3 Å². The average molecular weight is 757 g/mol. The van der Waals surface area contributed by atoms with E-state index >= 15 is 0 Å². The van der Waals surface area contributed by atoms with E-state index in [1.165, 1.54) is 16.8 Å². The quantitative estimate of drug-likeness (QED) is 0.0814. The van der Waals surface area contributed by atoms with Gasteiger partial charge in [0, 0.05) is 89.7 Å². The fourth-order valence-electron chi connectivity index (χ4n) is 6.75. The van der Waals surface area contributed by atoms with Crippen molar-refractivity contribution in [2.45, 2.75) is 19.4 Å². The highest BCUT2D eigenvalue weighted by Crippen LogP contribution is 2.24. The number of hydrogen-bond acceptors (Lipinski definition) is 4. The van der Waals surface area contributed by atoms with Crippen LogP contribution < -0.4 is 31.3 Å². The van der Waals surface area contributed by atoms with E-state index in [1.54, 1.807) is 0 Å². The third-order valence-corrected chi connectivity index (χ3v) is 10.0. The van der Waals surface area contributed by atoms with Crippen molar-refractivity contribution >= 4 is 63.4 Å². The third-order valence-electron chi connectivity index (χ3n) is 10.0. The van der Waals surface area contributed by atoms with Crippen LogP contribution in [0.5, 0.6) is 0 Å².